The van der Waals surface area contributed by atoms with Gasteiger partial charge >= 0.3 is 17.9 Å². The topological polar surface area (TPSA) is 108 Å². The van der Waals surface area contributed by atoms with Gasteiger partial charge in [-0.15, -0.1) is 0 Å². The molecule has 0 radical (unpaired) electrons. The van der Waals surface area contributed by atoms with E-state index in [1.165, 1.54) is 103 Å². The van der Waals surface area contributed by atoms with Crippen LogP contribution >= 0.6 is 0 Å². The van der Waals surface area contributed by atoms with Gasteiger partial charge in [-0.05, 0) is 38.5 Å². The average molecular weight is 741 g/mol. The summed E-state index contributed by atoms with van der Waals surface area (Å²) in [6.45, 7) is 4.85. The fourth-order valence-electron chi connectivity index (χ4n) is 5.89. The quantitative estimate of drug-likeness (QED) is 0.0218. The molecule has 0 aromatic heterocycles. The first-order valence-corrected chi connectivity index (χ1v) is 21.4. The summed E-state index contributed by atoms with van der Waals surface area (Å²) in [7, 11) is 5.95. The Morgan fingerprint density at radius 3 is 1.44 bits per heavy atom. The minimum absolute atomic E-state index is 0.180. The van der Waals surface area contributed by atoms with Crippen molar-refractivity contribution in [1.29, 1.82) is 0 Å². The van der Waals surface area contributed by atoms with Crippen molar-refractivity contribution in [3.8, 4) is 0 Å². The molecule has 0 spiro atoms. The van der Waals surface area contributed by atoms with Crippen LogP contribution in [0.4, 0.5) is 0 Å². The first kappa shape index (κ1) is 50.0. The maximum Gasteiger partial charge on any atom is 0.361 e. The zero-order valence-corrected chi connectivity index (χ0v) is 34.5. The van der Waals surface area contributed by atoms with Gasteiger partial charge in [0.1, 0.15) is 13.2 Å². The summed E-state index contributed by atoms with van der Waals surface area (Å²) >= 11 is 0. The molecule has 0 heterocycles. The van der Waals surface area contributed by atoms with E-state index in [1.807, 2.05) is 21.1 Å². The molecule has 306 valence electrons. The summed E-state index contributed by atoms with van der Waals surface area (Å²) in [5.41, 5.74) is 0. The van der Waals surface area contributed by atoms with Crippen molar-refractivity contribution in [3.63, 3.8) is 0 Å². The highest BCUT2D eigenvalue weighted by Crippen LogP contribution is 2.15. The standard InChI is InChI=1S/C43H81NO8/c1-6-8-10-12-14-16-18-20-22-23-25-27-29-31-33-40(45)50-37-39(38-51-43(42(47)48)49-36-35-44(3,4)5)52-41(46)34-32-30-28-26-24-21-19-17-15-13-11-9-7-2/h17,19,39,43H,6-16,18,20-38H2,1-5H3/p+1/b19-17-. The lowest BCUT2D eigenvalue weighted by Gasteiger charge is -2.25. The van der Waals surface area contributed by atoms with Crippen molar-refractivity contribution in [2.45, 2.75) is 200 Å². The molecular weight excluding hydrogens is 658 g/mol. The molecule has 9 nitrogen and oxygen atoms in total. The largest absolute Gasteiger partial charge is 0.477 e. The zero-order valence-electron chi connectivity index (χ0n) is 34.5. The van der Waals surface area contributed by atoms with Crippen LogP contribution in [0.2, 0.25) is 0 Å². The van der Waals surface area contributed by atoms with Crippen LogP contribution in [0.15, 0.2) is 12.2 Å². The van der Waals surface area contributed by atoms with E-state index in [9.17, 15) is 19.5 Å². The van der Waals surface area contributed by atoms with E-state index in [0.29, 0.717) is 23.9 Å². The Hall–Kier alpha value is -1.97. The van der Waals surface area contributed by atoms with Crippen LogP contribution in [0.25, 0.3) is 0 Å². The van der Waals surface area contributed by atoms with Gasteiger partial charge in [-0.3, -0.25) is 9.59 Å². The van der Waals surface area contributed by atoms with E-state index in [0.717, 1.165) is 51.4 Å². The number of carbonyl (C=O) groups is 3. The molecule has 0 bridgehead atoms. The molecule has 2 atom stereocenters. The Bertz CT molecular complexity index is 872. The van der Waals surface area contributed by atoms with E-state index in [2.05, 4.69) is 26.0 Å². The Labute approximate surface area is 319 Å². The predicted molar refractivity (Wildman–Crippen MR) is 212 cm³/mol. The first-order chi connectivity index (χ1) is 25.1. The second-order valence-electron chi connectivity index (χ2n) is 15.7. The summed E-state index contributed by atoms with van der Waals surface area (Å²) in [5.74, 6) is -2.01. The van der Waals surface area contributed by atoms with Crippen LogP contribution < -0.4 is 0 Å². The molecule has 0 aliphatic carbocycles. The van der Waals surface area contributed by atoms with E-state index in [4.69, 9.17) is 18.9 Å². The highest BCUT2D eigenvalue weighted by Gasteiger charge is 2.25. The molecule has 9 heteroatoms. The fourth-order valence-corrected chi connectivity index (χ4v) is 5.89. The molecule has 0 aliphatic heterocycles. The van der Waals surface area contributed by atoms with Crippen molar-refractivity contribution in [2.24, 2.45) is 0 Å². The van der Waals surface area contributed by atoms with E-state index in [1.54, 1.807) is 0 Å². The van der Waals surface area contributed by atoms with Crippen LogP contribution in [0.1, 0.15) is 187 Å². The SMILES string of the molecule is CCCCCC/C=C\CCCCCCCC(=O)OC(COC(=O)CCCCCCCCCCCCCCCC)COC(OCC[N+](C)(C)C)C(=O)O. The van der Waals surface area contributed by atoms with Crippen LogP contribution in [0, 0.1) is 0 Å². The summed E-state index contributed by atoms with van der Waals surface area (Å²) in [4.78, 5) is 37.0. The third-order valence-corrected chi connectivity index (χ3v) is 9.27. The summed E-state index contributed by atoms with van der Waals surface area (Å²) < 4.78 is 22.7. The summed E-state index contributed by atoms with van der Waals surface area (Å²) in [6, 6.07) is 0. The normalized spacial score (nSPS) is 13.0. The Kier molecular flexibility index (Phi) is 34.7. The number of carboxylic acids is 1. The minimum atomic E-state index is -1.50. The first-order valence-electron chi connectivity index (χ1n) is 21.4. The van der Waals surface area contributed by atoms with Gasteiger partial charge < -0.3 is 28.5 Å². The van der Waals surface area contributed by atoms with Crippen LogP contribution in [0.3, 0.4) is 0 Å². The fraction of sp³-hybridized carbons (Fsp3) is 0.884. The van der Waals surface area contributed by atoms with E-state index < -0.39 is 24.3 Å². The number of allylic oxidation sites excluding steroid dienone is 2. The molecule has 52 heavy (non-hydrogen) atoms. The molecule has 0 aliphatic rings. The third-order valence-electron chi connectivity index (χ3n) is 9.27. The van der Waals surface area contributed by atoms with Crippen LogP contribution in [-0.4, -0.2) is 87.4 Å². The van der Waals surface area contributed by atoms with Crippen molar-refractivity contribution < 1.29 is 42.9 Å². The Morgan fingerprint density at radius 1 is 0.558 bits per heavy atom. The number of hydrogen-bond acceptors (Lipinski definition) is 7. The molecule has 0 fully saturated rings. The van der Waals surface area contributed by atoms with E-state index in [-0.39, 0.29) is 32.2 Å². The number of nitrogens with zero attached hydrogens (tertiary/aromatic N) is 1. The molecule has 0 aromatic rings. The predicted octanol–water partition coefficient (Wildman–Crippen LogP) is 10.7. The number of aliphatic carboxylic acids is 1. The summed E-state index contributed by atoms with van der Waals surface area (Å²) in [5, 5.41) is 9.61. The van der Waals surface area contributed by atoms with E-state index >= 15 is 0 Å². The third kappa shape index (κ3) is 36.4. The smallest absolute Gasteiger partial charge is 0.361 e. The van der Waals surface area contributed by atoms with Crippen LogP contribution in [0.5, 0.6) is 0 Å². The second kappa shape index (κ2) is 36.0. The molecule has 0 aromatic carbocycles. The van der Waals surface area contributed by atoms with Gasteiger partial charge in [0.15, 0.2) is 6.10 Å². The van der Waals surface area contributed by atoms with Gasteiger partial charge in [0.05, 0.1) is 34.4 Å². The maximum absolute atomic E-state index is 12.7. The van der Waals surface area contributed by atoms with Gasteiger partial charge in [0, 0.05) is 12.8 Å². The maximum atomic E-state index is 12.7. The molecule has 0 amide bonds. The lowest BCUT2D eigenvalue weighted by atomic mass is 10.0. The molecular formula is C43H82NO8+. The number of rotatable bonds is 39. The molecule has 0 saturated heterocycles. The number of likely N-dealkylation sites (N-methyl/N-ethyl adjacent to an activating group) is 1. The average Bonchev–Trinajstić information content (AvgIpc) is 3.09. The Morgan fingerprint density at radius 2 is 0.981 bits per heavy atom. The monoisotopic (exact) mass is 741 g/mol. The number of quaternary nitrogens is 1. The molecule has 2 unspecified atom stereocenters. The number of hydrogen-bond donors (Lipinski definition) is 1. The van der Waals surface area contributed by atoms with Crippen molar-refractivity contribution >= 4 is 17.9 Å². The highest BCUT2D eigenvalue weighted by atomic mass is 16.7. The van der Waals surface area contributed by atoms with Crippen LogP contribution in [-0.2, 0) is 33.3 Å². The lowest BCUT2D eigenvalue weighted by Crippen LogP contribution is -2.40. The second-order valence-corrected chi connectivity index (χ2v) is 15.7. The van der Waals surface area contributed by atoms with Gasteiger partial charge in [0.25, 0.3) is 6.29 Å². The summed E-state index contributed by atoms with van der Waals surface area (Å²) in [6.07, 6.45) is 32.6. The van der Waals surface area contributed by atoms with Crippen molar-refractivity contribution in [2.75, 3.05) is 47.5 Å². The number of esters is 2. The molecule has 0 rings (SSSR count). The highest BCUT2D eigenvalue weighted by molar-refractivity contribution is 5.71. The number of carboxylic acid groups (broad SMARTS) is 1. The zero-order chi connectivity index (χ0) is 38.5. The molecule has 1 N–H and O–H groups in total. The van der Waals surface area contributed by atoms with Crippen molar-refractivity contribution in [1.82, 2.24) is 0 Å². The van der Waals surface area contributed by atoms with Gasteiger partial charge in [-0.25, -0.2) is 4.79 Å². The van der Waals surface area contributed by atoms with Gasteiger partial charge in [0.2, 0.25) is 0 Å². The molecule has 0 saturated carbocycles. The van der Waals surface area contributed by atoms with Crippen molar-refractivity contribution in [3.05, 3.63) is 12.2 Å². The lowest BCUT2D eigenvalue weighted by molar-refractivity contribution is -0.870. The number of ether oxygens (including phenoxy) is 4. The Balaban J connectivity index is 4.47. The minimum Gasteiger partial charge on any atom is -0.477 e. The van der Waals surface area contributed by atoms with Gasteiger partial charge in [-0.2, -0.15) is 0 Å². The van der Waals surface area contributed by atoms with Gasteiger partial charge in [-0.1, -0.05) is 148 Å². The number of unbranched alkanes of at least 4 members (excludes halogenated alkanes) is 22. The number of carbonyl (C=O) groups excluding carboxylic acids is 2.